The zero-order valence-electron chi connectivity index (χ0n) is 13.9. The zero-order chi connectivity index (χ0) is 16.5. The lowest BCUT2D eigenvalue weighted by atomic mass is 10.2. The number of nitrogens with zero attached hydrogens (tertiary/aromatic N) is 4. The molecule has 0 saturated carbocycles. The van der Waals surface area contributed by atoms with Gasteiger partial charge in [0.2, 0.25) is 0 Å². The molecule has 7 heteroatoms. The number of hydrogen-bond donors (Lipinski definition) is 2. The summed E-state index contributed by atoms with van der Waals surface area (Å²) in [5, 5.41) is 14.9. The van der Waals surface area contributed by atoms with E-state index < -0.39 is 0 Å². The number of hydrogen-bond acceptors (Lipinski definition) is 4. The maximum absolute atomic E-state index is 4.65. The highest BCUT2D eigenvalue weighted by atomic mass is 32.2. The van der Waals surface area contributed by atoms with Gasteiger partial charge in [-0.15, -0.1) is 10.2 Å². The van der Waals surface area contributed by atoms with Crippen molar-refractivity contribution in [2.45, 2.75) is 20.0 Å². The highest BCUT2D eigenvalue weighted by molar-refractivity contribution is 7.98. The minimum absolute atomic E-state index is 0.594. The van der Waals surface area contributed by atoms with Crippen molar-refractivity contribution in [1.82, 2.24) is 25.4 Å². The molecule has 23 heavy (non-hydrogen) atoms. The van der Waals surface area contributed by atoms with Gasteiger partial charge in [0.25, 0.3) is 0 Å². The second-order valence-electron chi connectivity index (χ2n) is 5.15. The fourth-order valence-electron chi connectivity index (χ4n) is 1.97. The van der Waals surface area contributed by atoms with Crippen LogP contribution in [-0.2, 0) is 20.1 Å². The van der Waals surface area contributed by atoms with Gasteiger partial charge >= 0.3 is 0 Å². The van der Waals surface area contributed by atoms with Crippen molar-refractivity contribution in [2.24, 2.45) is 12.0 Å². The number of rotatable bonds is 7. The molecule has 0 amide bonds. The van der Waals surface area contributed by atoms with Crippen LogP contribution in [0.1, 0.15) is 17.2 Å². The zero-order valence-corrected chi connectivity index (χ0v) is 14.7. The van der Waals surface area contributed by atoms with Crippen molar-refractivity contribution in [3.05, 3.63) is 47.5 Å². The summed E-state index contributed by atoms with van der Waals surface area (Å²) in [7, 11) is 1.97. The third-order valence-corrected chi connectivity index (χ3v) is 4.07. The quantitative estimate of drug-likeness (QED) is 0.459. The van der Waals surface area contributed by atoms with E-state index in [-0.39, 0.29) is 0 Å². The van der Waals surface area contributed by atoms with Gasteiger partial charge in [-0.05, 0) is 18.7 Å². The maximum atomic E-state index is 4.65. The van der Waals surface area contributed by atoms with E-state index in [9.17, 15) is 0 Å². The van der Waals surface area contributed by atoms with Gasteiger partial charge in [-0.1, -0.05) is 30.3 Å². The number of aliphatic imine (C=N–C) groups is 1. The van der Waals surface area contributed by atoms with E-state index in [1.165, 1.54) is 5.56 Å². The second-order valence-corrected chi connectivity index (χ2v) is 6.13. The van der Waals surface area contributed by atoms with Gasteiger partial charge in [0.1, 0.15) is 5.82 Å². The Labute approximate surface area is 141 Å². The molecule has 2 rings (SSSR count). The third kappa shape index (κ3) is 5.59. The van der Waals surface area contributed by atoms with Crippen LogP contribution >= 0.6 is 11.8 Å². The molecule has 6 nitrogen and oxygen atoms in total. The third-order valence-electron chi connectivity index (χ3n) is 3.46. The number of thioether (sulfide) groups is 1. The summed E-state index contributed by atoms with van der Waals surface area (Å²) >= 11 is 1.81. The Morgan fingerprint density at radius 2 is 2.00 bits per heavy atom. The minimum Gasteiger partial charge on any atom is -0.356 e. The standard InChI is InChI=1S/C16H24N6S/c1-13-20-21-15(22(13)2)12-19-16(17-9-10-23-3)18-11-14-7-5-4-6-8-14/h4-8H,9-12H2,1-3H3,(H2,17,18,19). The van der Waals surface area contributed by atoms with Crippen LogP contribution in [0.4, 0.5) is 0 Å². The first-order valence-electron chi connectivity index (χ1n) is 7.60. The molecule has 1 aromatic carbocycles. The Balaban J connectivity index is 1.96. The van der Waals surface area contributed by atoms with Crippen LogP contribution in [0.2, 0.25) is 0 Å². The van der Waals surface area contributed by atoms with Crippen molar-refractivity contribution < 1.29 is 0 Å². The fourth-order valence-corrected chi connectivity index (χ4v) is 2.27. The molecule has 1 aromatic heterocycles. The molecular formula is C16H24N6S. The smallest absolute Gasteiger partial charge is 0.192 e. The van der Waals surface area contributed by atoms with Crippen molar-refractivity contribution in [3.8, 4) is 0 Å². The maximum Gasteiger partial charge on any atom is 0.192 e. The SMILES string of the molecule is CSCCNC(=NCc1ccccc1)NCc1nnc(C)n1C. The lowest BCUT2D eigenvalue weighted by Crippen LogP contribution is -2.38. The largest absolute Gasteiger partial charge is 0.356 e. The van der Waals surface area contributed by atoms with Crippen LogP contribution in [0.15, 0.2) is 35.3 Å². The Morgan fingerprint density at radius 3 is 2.65 bits per heavy atom. The minimum atomic E-state index is 0.594. The molecule has 0 fully saturated rings. The lowest BCUT2D eigenvalue weighted by Gasteiger charge is -2.12. The first-order chi connectivity index (χ1) is 11.2. The van der Waals surface area contributed by atoms with E-state index in [4.69, 9.17) is 0 Å². The topological polar surface area (TPSA) is 67.1 Å². The van der Waals surface area contributed by atoms with E-state index in [1.807, 2.05) is 36.7 Å². The van der Waals surface area contributed by atoms with Crippen LogP contribution in [0.25, 0.3) is 0 Å². The van der Waals surface area contributed by atoms with Crippen molar-refractivity contribution >= 4 is 17.7 Å². The molecule has 0 atom stereocenters. The summed E-state index contributed by atoms with van der Waals surface area (Å²) in [6.07, 6.45) is 2.10. The first-order valence-corrected chi connectivity index (χ1v) is 9.00. The summed E-state index contributed by atoms with van der Waals surface area (Å²) in [5.41, 5.74) is 1.19. The number of aryl methyl sites for hydroxylation is 1. The van der Waals surface area contributed by atoms with Crippen molar-refractivity contribution in [3.63, 3.8) is 0 Å². The fraction of sp³-hybridized carbons (Fsp3) is 0.438. The molecule has 0 radical (unpaired) electrons. The van der Waals surface area contributed by atoms with Gasteiger partial charge in [-0.25, -0.2) is 4.99 Å². The Bertz CT molecular complexity index is 623. The molecule has 124 valence electrons. The van der Waals surface area contributed by atoms with Crippen LogP contribution in [0.5, 0.6) is 0 Å². The number of benzene rings is 1. The molecule has 0 aliphatic rings. The second kappa shape index (κ2) is 9.19. The van der Waals surface area contributed by atoms with E-state index in [0.29, 0.717) is 13.1 Å². The van der Waals surface area contributed by atoms with E-state index in [1.54, 1.807) is 11.8 Å². The highest BCUT2D eigenvalue weighted by Gasteiger charge is 2.06. The van der Waals surface area contributed by atoms with Crippen LogP contribution < -0.4 is 10.6 Å². The summed E-state index contributed by atoms with van der Waals surface area (Å²) in [6, 6.07) is 10.2. The lowest BCUT2D eigenvalue weighted by molar-refractivity contribution is 0.719. The summed E-state index contributed by atoms with van der Waals surface area (Å²) in [4.78, 5) is 4.65. The van der Waals surface area contributed by atoms with Crippen LogP contribution in [0.3, 0.4) is 0 Å². The van der Waals surface area contributed by atoms with Gasteiger partial charge < -0.3 is 15.2 Å². The Kier molecular flexibility index (Phi) is 6.93. The van der Waals surface area contributed by atoms with Crippen molar-refractivity contribution in [2.75, 3.05) is 18.6 Å². The number of guanidine groups is 1. The average Bonchev–Trinajstić information content (AvgIpc) is 2.90. The van der Waals surface area contributed by atoms with Gasteiger partial charge in [0.05, 0.1) is 13.1 Å². The summed E-state index contributed by atoms with van der Waals surface area (Å²) in [6.45, 7) is 4.06. The molecule has 2 aromatic rings. The van der Waals surface area contributed by atoms with Crippen LogP contribution in [-0.4, -0.2) is 39.3 Å². The van der Waals surface area contributed by atoms with E-state index >= 15 is 0 Å². The molecule has 0 aliphatic heterocycles. The van der Waals surface area contributed by atoms with Gasteiger partial charge in [-0.3, -0.25) is 0 Å². The van der Waals surface area contributed by atoms with Gasteiger partial charge in [-0.2, -0.15) is 11.8 Å². The summed E-state index contributed by atoms with van der Waals surface area (Å²) < 4.78 is 1.98. The van der Waals surface area contributed by atoms with E-state index in [0.717, 1.165) is 29.9 Å². The normalized spacial score (nSPS) is 11.5. The first kappa shape index (κ1) is 17.3. The van der Waals surface area contributed by atoms with Crippen LogP contribution in [0, 0.1) is 6.92 Å². The average molecular weight is 332 g/mol. The molecule has 0 aliphatic carbocycles. The Hall–Kier alpha value is -2.02. The molecule has 0 unspecified atom stereocenters. The number of nitrogens with one attached hydrogen (secondary N) is 2. The predicted octanol–water partition coefficient (Wildman–Crippen LogP) is 1.72. The van der Waals surface area contributed by atoms with Gasteiger partial charge in [0, 0.05) is 19.3 Å². The highest BCUT2D eigenvalue weighted by Crippen LogP contribution is 2.01. The molecule has 2 N–H and O–H groups in total. The molecule has 0 saturated heterocycles. The molecule has 1 heterocycles. The predicted molar refractivity (Wildman–Crippen MR) is 96.5 cm³/mol. The number of aromatic nitrogens is 3. The van der Waals surface area contributed by atoms with E-state index in [2.05, 4.69) is 44.2 Å². The summed E-state index contributed by atoms with van der Waals surface area (Å²) in [5.74, 6) is 3.62. The molecule has 0 spiro atoms. The molecule has 0 bridgehead atoms. The van der Waals surface area contributed by atoms with Gasteiger partial charge in [0.15, 0.2) is 11.8 Å². The Morgan fingerprint density at radius 1 is 1.22 bits per heavy atom. The molecular weight excluding hydrogens is 308 g/mol. The monoisotopic (exact) mass is 332 g/mol. The van der Waals surface area contributed by atoms with Crippen molar-refractivity contribution in [1.29, 1.82) is 0 Å².